The van der Waals surface area contributed by atoms with Gasteiger partial charge in [-0.2, -0.15) is 0 Å². The second-order valence-corrected chi connectivity index (χ2v) is 9.21. The minimum atomic E-state index is -0.205. The van der Waals surface area contributed by atoms with Gasteiger partial charge in [0.1, 0.15) is 11.6 Å². The SMILES string of the molecule is CC(C)c1csc(CCNC(=O)CN2C(=O)c3ccccc3Sc3ncccc32)n1. The molecule has 1 aliphatic heterocycles. The van der Waals surface area contributed by atoms with Gasteiger partial charge in [-0.25, -0.2) is 9.97 Å². The number of benzene rings is 1. The molecule has 1 aromatic carbocycles. The molecule has 0 saturated carbocycles. The lowest BCUT2D eigenvalue weighted by molar-refractivity contribution is -0.119. The fraction of sp³-hybridized carbons (Fsp3) is 0.273. The smallest absolute Gasteiger partial charge is 0.259 e. The summed E-state index contributed by atoms with van der Waals surface area (Å²) in [5.41, 5.74) is 2.31. The Morgan fingerprint density at radius 1 is 1.20 bits per heavy atom. The normalized spacial score (nSPS) is 13.0. The standard InChI is InChI=1S/C22H22N4O2S2/c1-14(2)16-13-29-20(25-16)9-11-23-19(27)12-26-17-7-5-10-24-21(17)30-18-8-4-3-6-15(18)22(26)28/h3-8,10,13-14H,9,11-12H2,1-2H3,(H,23,27). The molecule has 3 aromatic rings. The van der Waals surface area contributed by atoms with E-state index in [1.165, 1.54) is 16.7 Å². The van der Waals surface area contributed by atoms with Crippen LogP contribution in [0.15, 0.2) is 57.9 Å². The Morgan fingerprint density at radius 3 is 2.83 bits per heavy atom. The van der Waals surface area contributed by atoms with E-state index in [4.69, 9.17) is 0 Å². The Morgan fingerprint density at radius 2 is 2.03 bits per heavy atom. The number of aromatic nitrogens is 2. The summed E-state index contributed by atoms with van der Waals surface area (Å²) in [7, 11) is 0. The number of pyridine rings is 1. The van der Waals surface area contributed by atoms with E-state index in [9.17, 15) is 9.59 Å². The van der Waals surface area contributed by atoms with Gasteiger partial charge in [-0.1, -0.05) is 37.7 Å². The number of amides is 2. The molecule has 0 atom stereocenters. The predicted octanol–water partition coefficient (Wildman–Crippen LogP) is 4.13. The molecule has 0 spiro atoms. The van der Waals surface area contributed by atoms with Crippen molar-refractivity contribution in [3.8, 4) is 0 Å². The molecular weight excluding hydrogens is 416 g/mol. The highest BCUT2D eigenvalue weighted by atomic mass is 32.2. The third kappa shape index (κ3) is 4.39. The summed E-state index contributed by atoms with van der Waals surface area (Å²) < 4.78 is 0. The van der Waals surface area contributed by atoms with E-state index in [1.807, 2.05) is 24.3 Å². The Bertz CT molecular complexity index is 1080. The first kappa shape index (κ1) is 20.6. The van der Waals surface area contributed by atoms with Gasteiger partial charge in [-0.05, 0) is 30.2 Å². The maximum Gasteiger partial charge on any atom is 0.259 e. The summed E-state index contributed by atoms with van der Waals surface area (Å²) in [5.74, 6) is -0.00210. The lowest BCUT2D eigenvalue weighted by Crippen LogP contribution is -2.41. The molecule has 4 rings (SSSR count). The zero-order chi connectivity index (χ0) is 21.1. The van der Waals surface area contributed by atoms with Gasteiger partial charge >= 0.3 is 0 Å². The van der Waals surface area contributed by atoms with Crippen LogP contribution >= 0.6 is 23.1 Å². The molecule has 0 saturated heterocycles. The minimum absolute atomic E-state index is 0.0540. The van der Waals surface area contributed by atoms with E-state index in [-0.39, 0.29) is 18.4 Å². The van der Waals surface area contributed by atoms with Crippen LogP contribution in [0.2, 0.25) is 0 Å². The van der Waals surface area contributed by atoms with Crippen molar-refractivity contribution in [3.05, 3.63) is 64.2 Å². The quantitative estimate of drug-likeness (QED) is 0.626. The number of fused-ring (bicyclic) bond motifs is 2. The zero-order valence-corrected chi connectivity index (χ0v) is 18.4. The fourth-order valence-electron chi connectivity index (χ4n) is 3.13. The number of hydrogen-bond acceptors (Lipinski definition) is 6. The van der Waals surface area contributed by atoms with Crippen molar-refractivity contribution in [2.75, 3.05) is 18.0 Å². The highest BCUT2D eigenvalue weighted by Gasteiger charge is 2.29. The van der Waals surface area contributed by atoms with Gasteiger partial charge in [0.2, 0.25) is 5.91 Å². The second kappa shape index (κ2) is 8.97. The molecular formula is C22H22N4O2S2. The van der Waals surface area contributed by atoms with Gasteiger partial charge in [0.25, 0.3) is 5.91 Å². The highest BCUT2D eigenvalue weighted by Crippen LogP contribution is 2.39. The van der Waals surface area contributed by atoms with Gasteiger partial charge in [-0.15, -0.1) is 11.3 Å². The molecule has 1 aliphatic rings. The summed E-state index contributed by atoms with van der Waals surface area (Å²) in [4.78, 5) is 37.2. The molecule has 0 fully saturated rings. The number of carbonyl (C=O) groups excluding carboxylic acids is 2. The summed E-state index contributed by atoms with van der Waals surface area (Å²) in [5, 5.41) is 6.71. The molecule has 6 nitrogen and oxygen atoms in total. The van der Waals surface area contributed by atoms with Crippen LogP contribution < -0.4 is 10.2 Å². The van der Waals surface area contributed by atoms with Crippen molar-refractivity contribution in [1.29, 1.82) is 0 Å². The van der Waals surface area contributed by atoms with Crippen LogP contribution in [0.4, 0.5) is 5.69 Å². The van der Waals surface area contributed by atoms with Gasteiger partial charge in [0.05, 0.1) is 22.0 Å². The van der Waals surface area contributed by atoms with E-state index in [0.717, 1.165) is 15.6 Å². The van der Waals surface area contributed by atoms with Crippen LogP contribution in [-0.2, 0) is 11.2 Å². The summed E-state index contributed by atoms with van der Waals surface area (Å²) in [6, 6.07) is 11.0. The zero-order valence-electron chi connectivity index (χ0n) is 16.8. The van der Waals surface area contributed by atoms with Crippen molar-refractivity contribution in [2.45, 2.75) is 36.1 Å². The van der Waals surface area contributed by atoms with Crippen molar-refractivity contribution < 1.29 is 9.59 Å². The van der Waals surface area contributed by atoms with Crippen LogP contribution in [0, 0.1) is 0 Å². The maximum atomic E-state index is 13.2. The number of nitrogens with one attached hydrogen (secondary N) is 1. The number of hydrogen-bond donors (Lipinski definition) is 1. The summed E-state index contributed by atoms with van der Waals surface area (Å²) >= 11 is 3.06. The van der Waals surface area contributed by atoms with E-state index in [1.54, 1.807) is 29.7 Å². The number of thiazole rings is 1. The summed E-state index contributed by atoms with van der Waals surface area (Å²) in [6.07, 6.45) is 2.37. The molecule has 0 radical (unpaired) electrons. The summed E-state index contributed by atoms with van der Waals surface area (Å²) in [6.45, 7) is 4.66. The first-order valence-electron chi connectivity index (χ1n) is 9.77. The Balaban J connectivity index is 1.46. The van der Waals surface area contributed by atoms with Crippen LogP contribution in [0.5, 0.6) is 0 Å². The first-order valence-corrected chi connectivity index (χ1v) is 11.5. The van der Waals surface area contributed by atoms with Gasteiger partial charge < -0.3 is 5.32 Å². The average molecular weight is 439 g/mol. The number of rotatable bonds is 6. The molecule has 0 aliphatic carbocycles. The molecule has 8 heteroatoms. The Labute approximate surface area is 183 Å². The number of nitrogens with zero attached hydrogens (tertiary/aromatic N) is 3. The maximum absolute atomic E-state index is 13.2. The number of anilines is 1. The van der Waals surface area contributed by atoms with Crippen molar-refractivity contribution in [2.24, 2.45) is 0 Å². The topological polar surface area (TPSA) is 75.2 Å². The molecule has 3 heterocycles. The number of carbonyl (C=O) groups is 2. The predicted molar refractivity (Wildman–Crippen MR) is 119 cm³/mol. The molecule has 154 valence electrons. The lowest BCUT2D eigenvalue weighted by atomic mass is 10.2. The molecule has 30 heavy (non-hydrogen) atoms. The van der Waals surface area contributed by atoms with Crippen LogP contribution in [0.25, 0.3) is 0 Å². The van der Waals surface area contributed by atoms with E-state index >= 15 is 0 Å². The van der Waals surface area contributed by atoms with Gasteiger partial charge in [0, 0.05) is 29.4 Å². The second-order valence-electron chi connectivity index (χ2n) is 7.24. The first-order chi connectivity index (χ1) is 14.5. The van der Waals surface area contributed by atoms with E-state index in [0.29, 0.717) is 35.2 Å². The van der Waals surface area contributed by atoms with E-state index < -0.39 is 0 Å². The van der Waals surface area contributed by atoms with Crippen molar-refractivity contribution >= 4 is 40.6 Å². The Kier molecular flexibility index (Phi) is 6.15. The monoisotopic (exact) mass is 438 g/mol. The van der Waals surface area contributed by atoms with Crippen LogP contribution in [0.3, 0.4) is 0 Å². The fourth-order valence-corrected chi connectivity index (χ4v) is 5.10. The average Bonchev–Trinajstić information content (AvgIpc) is 3.18. The molecule has 2 aromatic heterocycles. The Hall–Kier alpha value is -2.71. The third-order valence-electron chi connectivity index (χ3n) is 4.73. The minimum Gasteiger partial charge on any atom is -0.354 e. The molecule has 1 N–H and O–H groups in total. The molecule has 0 unspecified atom stereocenters. The van der Waals surface area contributed by atoms with Crippen LogP contribution in [0.1, 0.15) is 40.8 Å². The van der Waals surface area contributed by atoms with Crippen molar-refractivity contribution in [1.82, 2.24) is 15.3 Å². The lowest BCUT2D eigenvalue weighted by Gasteiger charge is -2.21. The van der Waals surface area contributed by atoms with E-state index in [2.05, 4.69) is 34.5 Å². The largest absolute Gasteiger partial charge is 0.354 e. The van der Waals surface area contributed by atoms with Crippen LogP contribution in [-0.4, -0.2) is 34.9 Å². The molecule has 0 bridgehead atoms. The van der Waals surface area contributed by atoms with Gasteiger partial charge in [-0.3, -0.25) is 14.5 Å². The van der Waals surface area contributed by atoms with Gasteiger partial charge in [0.15, 0.2) is 0 Å². The van der Waals surface area contributed by atoms with Crippen molar-refractivity contribution in [3.63, 3.8) is 0 Å². The molecule has 2 amide bonds. The highest BCUT2D eigenvalue weighted by molar-refractivity contribution is 7.99. The third-order valence-corrected chi connectivity index (χ3v) is 6.75.